The summed E-state index contributed by atoms with van der Waals surface area (Å²) < 4.78 is 0. The Kier molecular flexibility index (Phi) is 2.89. The summed E-state index contributed by atoms with van der Waals surface area (Å²) in [7, 11) is 0. The van der Waals surface area contributed by atoms with Crippen molar-refractivity contribution in [3.05, 3.63) is 29.5 Å². The van der Waals surface area contributed by atoms with Gasteiger partial charge in [-0.1, -0.05) is 18.5 Å². The van der Waals surface area contributed by atoms with E-state index in [-0.39, 0.29) is 0 Å². The highest BCUT2D eigenvalue weighted by molar-refractivity contribution is 7.99. The van der Waals surface area contributed by atoms with Crippen molar-refractivity contribution in [3.63, 3.8) is 0 Å². The highest BCUT2D eigenvalue weighted by atomic mass is 35.5. The lowest BCUT2D eigenvalue weighted by molar-refractivity contribution is 1.26. The molecule has 0 amide bonds. The first-order chi connectivity index (χ1) is 6.81. The summed E-state index contributed by atoms with van der Waals surface area (Å²) in [6, 6.07) is 3.77. The Morgan fingerprint density at radius 1 is 1.29 bits per heavy atom. The first kappa shape index (κ1) is 9.74. The van der Waals surface area contributed by atoms with Gasteiger partial charge in [0.25, 0.3) is 0 Å². The van der Waals surface area contributed by atoms with E-state index in [9.17, 15) is 0 Å². The molecule has 14 heavy (non-hydrogen) atoms. The number of nitrogens with zero attached hydrogens (tertiary/aromatic N) is 2. The van der Waals surface area contributed by atoms with Crippen molar-refractivity contribution in [1.29, 1.82) is 0 Å². The van der Waals surface area contributed by atoms with E-state index in [1.807, 2.05) is 12.1 Å². The van der Waals surface area contributed by atoms with Gasteiger partial charge in [0.2, 0.25) is 0 Å². The van der Waals surface area contributed by atoms with E-state index in [2.05, 4.69) is 16.9 Å². The fraction of sp³-hybridized carbons (Fsp3) is 0.200. The monoisotopic (exact) mass is 224 g/mol. The topological polar surface area (TPSA) is 25.8 Å². The second kappa shape index (κ2) is 4.15. The molecule has 0 aliphatic rings. The molecule has 1 aromatic heterocycles. The van der Waals surface area contributed by atoms with Crippen LogP contribution in [0.3, 0.4) is 0 Å². The van der Waals surface area contributed by atoms with E-state index in [1.54, 1.807) is 24.2 Å². The normalized spacial score (nSPS) is 10.7. The van der Waals surface area contributed by atoms with Gasteiger partial charge in [-0.3, -0.25) is 9.97 Å². The van der Waals surface area contributed by atoms with Crippen molar-refractivity contribution in [1.82, 2.24) is 9.97 Å². The number of benzene rings is 1. The van der Waals surface area contributed by atoms with Crippen LogP contribution in [0.25, 0.3) is 11.0 Å². The molecule has 0 bridgehead atoms. The van der Waals surface area contributed by atoms with Crippen molar-refractivity contribution < 1.29 is 0 Å². The molecular weight excluding hydrogens is 216 g/mol. The molecule has 0 saturated heterocycles. The van der Waals surface area contributed by atoms with Crippen LogP contribution >= 0.6 is 23.4 Å². The minimum atomic E-state index is 0.717. The Morgan fingerprint density at radius 2 is 2.07 bits per heavy atom. The molecular formula is C10H9ClN2S. The van der Waals surface area contributed by atoms with Crippen LogP contribution in [-0.2, 0) is 0 Å². The third kappa shape index (κ3) is 1.83. The van der Waals surface area contributed by atoms with E-state index in [4.69, 9.17) is 11.6 Å². The van der Waals surface area contributed by atoms with E-state index < -0.39 is 0 Å². The van der Waals surface area contributed by atoms with Crippen LogP contribution in [-0.4, -0.2) is 15.7 Å². The van der Waals surface area contributed by atoms with Crippen molar-refractivity contribution in [2.24, 2.45) is 0 Å². The maximum absolute atomic E-state index is 5.98. The maximum atomic E-state index is 5.98. The number of rotatable bonds is 2. The van der Waals surface area contributed by atoms with Crippen LogP contribution in [0.5, 0.6) is 0 Å². The first-order valence-electron chi connectivity index (χ1n) is 4.34. The Hall–Kier alpha value is -0.800. The highest BCUT2D eigenvalue weighted by Gasteiger charge is 2.04. The Balaban J connectivity index is 2.67. The molecule has 2 rings (SSSR count). The highest BCUT2D eigenvalue weighted by Crippen LogP contribution is 2.28. The van der Waals surface area contributed by atoms with Crippen LogP contribution in [0.15, 0.2) is 29.4 Å². The molecule has 0 spiro atoms. The van der Waals surface area contributed by atoms with Crippen molar-refractivity contribution >= 4 is 34.4 Å². The summed E-state index contributed by atoms with van der Waals surface area (Å²) in [5.41, 5.74) is 1.79. The second-order valence-electron chi connectivity index (χ2n) is 2.76. The Bertz CT molecular complexity index is 459. The van der Waals surface area contributed by atoms with Crippen molar-refractivity contribution in [2.75, 3.05) is 5.75 Å². The molecule has 0 fully saturated rings. The molecule has 0 aliphatic carbocycles. The largest absolute Gasteiger partial charge is 0.253 e. The molecule has 0 atom stereocenters. The quantitative estimate of drug-likeness (QED) is 0.732. The van der Waals surface area contributed by atoms with Crippen LogP contribution < -0.4 is 0 Å². The van der Waals surface area contributed by atoms with Gasteiger partial charge in [0, 0.05) is 22.3 Å². The summed E-state index contributed by atoms with van der Waals surface area (Å²) in [5.74, 6) is 1.01. The summed E-state index contributed by atoms with van der Waals surface area (Å²) >= 11 is 7.71. The molecule has 0 saturated carbocycles. The lowest BCUT2D eigenvalue weighted by Crippen LogP contribution is -1.85. The predicted molar refractivity (Wildman–Crippen MR) is 60.9 cm³/mol. The lowest BCUT2D eigenvalue weighted by Gasteiger charge is -2.03. The smallest absolute Gasteiger partial charge is 0.102 e. The van der Waals surface area contributed by atoms with Crippen LogP contribution in [0.1, 0.15) is 6.92 Å². The van der Waals surface area contributed by atoms with E-state index in [1.165, 1.54) is 0 Å². The van der Waals surface area contributed by atoms with Crippen molar-refractivity contribution in [2.45, 2.75) is 11.8 Å². The third-order valence-corrected chi connectivity index (χ3v) is 2.93. The minimum Gasteiger partial charge on any atom is -0.253 e. The van der Waals surface area contributed by atoms with Gasteiger partial charge in [0.05, 0.1) is 5.52 Å². The minimum absolute atomic E-state index is 0.717. The fourth-order valence-corrected chi connectivity index (χ4v) is 2.37. The summed E-state index contributed by atoms with van der Waals surface area (Å²) in [6.07, 6.45) is 3.38. The van der Waals surface area contributed by atoms with E-state index in [0.29, 0.717) is 5.02 Å². The average Bonchev–Trinajstić information content (AvgIpc) is 2.18. The van der Waals surface area contributed by atoms with Crippen LogP contribution in [0.2, 0.25) is 5.02 Å². The zero-order chi connectivity index (χ0) is 9.97. The van der Waals surface area contributed by atoms with Gasteiger partial charge in [-0.2, -0.15) is 0 Å². The molecule has 72 valence electrons. The number of aromatic nitrogens is 2. The standard InChI is InChI=1S/C10H9ClN2S/c1-2-14-9-6-7(11)5-8-10(9)13-4-3-12-8/h3-6H,2H2,1H3. The number of halogens is 1. The average molecular weight is 225 g/mol. The fourth-order valence-electron chi connectivity index (χ4n) is 1.28. The number of fused-ring (bicyclic) bond motifs is 1. The molecule has 2 aromatic rings. The molecule has 0 aliphatic heterocycles. The zero-order valence-corrected chi connectivity index (χ0v) is 9.27. The molecule has 1 heterocycles. The van der Waals surface area contributed by atoms with Gasteiger partial charge in [-0.25, -0.2) is 0 Å². The zero-order valence-electron chi connectivity index (χ0n) is 7.70. The molecule has 0 unspecified atom stereocenters. The summed E-state index contributed by atoms with van der Waals surface area (Å²) in [4.78, 5) is 9.62. The summed E-state index contributed by atoms with van der Waals surface area (Å²) in [5, 5.41) is 0.717. The van der Waals surface area contributed by atoms with Crippen LogP contribution in [0.4, 0.5) is 0 Å². The Morgan fingerprint density at radius 3 is 2.86 bits per heavy atom. The molecule has 4 heteroatoms. The van der Waals surface area contributed by atoms with Crippen LogP contribution in [0, 0.1) is 0 Å². The molecule has 0 radical (unpaired) electrons. The van der Waals surface area contributed by atoms with Crippen molar-refractivity contribution in [3.8, 4) is 0 Å². The van der Waals surface area contributed by atoms with E-state index in [0.717, 1.165) is 21.7 Å². The number of thioether (sulfide) groups is 1. The molecule has 1 aromatic carbocycles. The lowest BCUT2D eigenvalue weighted by atomic mass is 10.3. The second-order valence-corrected chi connectivity index (χ2v) is 4.50. The Labute approximate surface area is 91.7 Å². The van der Waals surface area contributed by atoms with Gasteiger partial charge >= 0.3 is 0 Å². The molecule has 2 nitrogen and oxygen atoms in total. The number of hydrogen-bond donors (Lipinski definition) is 0. The number of hydrogen-bond acceptors (Lipinski definition) is 3. The van der Waals surface area contributed by atoms with Gasteiger partial charge in [0.15, 0.2) is 0 Å². The van der Waals surface area contributed by atoms with E-state index >= 15 is 0 Å². The SMILES string of the molecule is CCSc1cc(Cl)cc2nccnc12. The first-order valence-corrected chi connectivity index (χ1v) is 5.70. The summed E-state index contributed by atoms with van der Waals surface area (Å²) in [6.45, 7) is 2.10. The maximum Gasteiger partial charge on any atom is 0.102 e. The van der Waals surface area contributed by atoms with Gasteiger partial charge in [-0.05, 0) is 17.9 Å². The predicted octanol–water partition coefficient (Wildman–Crippen LogP) is 3.40. The molecule has 0 N–H and O–H groups in total. The van der Waals surface area contributed by atoms with Gasteiger partial charge in [-0.15, -0.1) is 11.8 Å². The van der Waals surface area contributed by atoms with Gasteiger partial charge in [0.1, 0.15) is 5.52 Å². The van der Waals surface area contributed by atoms with Gasteiger partial charge < -0.3 is 0 Å². The third-order valence-electron chi connectivity index (χ3n) is 1.80.